The van der Waals surface area contributed by atoms with E-state index in [1.807, 2.05) is 38.1 Å². The second-order valence-electron chi connectivity index (χ2n) is 5.37. The topological polar surface area (TPSA) is 84.2 Å². The Morgan fingerprint density at radius 2 is 1.95 bits per heavy atom. The number of anilines is 1. The maximum atomic E-state index is 12.1. The van der Waals surface area contributed by atoms with Crippen molar-refractivity contribution in [1.29, 1.82) is 0 Å². The van der Waals surface area contributed by atoms with Crippen LogP contribution in [-0.2, 0) is 22.6 Å². The number of nitrogens with zero attached hydrogens (tertiary/aromatic N) is 2. The van der Waals surface area contributed by atoms with Gasteiger partial charge in [0.1, 0.15) is 6.54 Å². The van der Waals surface area contributed by atoms with Crippen LogP contribution in [0.25, 0.3) is 0 Å². The van der Waals surface area contributed by atoms with Crippen LogP contribution >= 0.6 is 0 Å². The number of aromatic nitrogens is 2. The van der Waals surface area contributed by atoms with Gasteiger partial charge < -0.3 is 10.4 Å². The van der Waals surface area contributed by atoms with Gasteiger partial charge in [-0.25, -0.2) is 0 Å². The van der Waals surface area contributed by atoms with E-state index in [1.165, 1.54) is 16.4 Å². The number of carboxylic acid groups (broad SMARTS) is 1. The molecule has 6 nitrogen and oxygen atoms in total. The molecule has 0 saturated carbocycles. The summed E-state index contributed by atoms with van der Waals surface area (Å²) < 4.78 is 1.27. The third-order valence-corrected chi connectivity index (χ3v) is 3.30. The Hall–Kier alpha value is -2.63. The first-order valence-corrected chi connectivity index (χ1v) is 7.05. The predicted octanol–water partition coefficient (Wildman–Crippen LogP) is 2.09. The summed E-state index contributed by atoms with van der Waals surface area (Å²) in [5.41, 5.74) is 2.29. The molecule has 1 unspecified atom stereocenters. The molecule has 1 atom stereocenters. The average Bonchev–Trinajstić information content (AvgIpc) is 2.87. The smallest absolute Gasteiger partial charge is 0.325 e. The van der Waals surface area contributed by atoms with Crippen LogP contribution in [0.5, 0.6) is 0 Å². The van der Waals surface area contributed by atoms with E-state index in [4.69, 9.17) is 5.11 Å². The molecule has 2 N–H and O–H groups in total. The quantitative estimate of drug-likeness (QED) is 0.855. The lowest BCUT2D eigenvalue weighted by Gasteiger charge is -2.11. The van der Waals surface area contributed by atoms with E-state index in [1.54, 1.807) is 6.07 Å². The van der Waals surface area contributed by atoms with E-state index in [0.717, 1.165) is 5.56 Å². The monoisotopic (exact) mass is 301 g/mol. The van der Waals surface area contributed by atoms with Crippen molar-refractivity contribution in [3.05, 3.63) is 47.7 Å². The highest BCUT2D eigenvalue weighted by atomic mass is 16.4. The van der Waals surface area contributed by atoms with E-state index < -0.39 is 5.97 Å². The van der Waals surface area contributed by atoms with Crippen molar-refractivity contribution in [3.8, 4) is 0 Å². The van der Waals surface area contributed by atoms with Gasteiger partial charge in [0.15, 0.2) is 5.82 Å². The number of carboxylic acids is 1. The number of benzene rings is 1. The van der Waals surface area contributed by atoms with Gasteiger partial charge in [-0.1, -0.05) is 36.8 Å². The van der Waals surface area contributed by atoms with Crippen LogP contribution in [0.4, 0.5) is 5.82 Å². The number of aliphatic carboxylic acids is 1. The van der Waals surface area contributed by atoms with Crippen LogP contribution < -0.4 is 5.32 Å². The van der Waals surface area contributed by atoms with Crippen LogP contribution in [0.2, 0.25) is 0 Å². The van der Waals surface area contributed by atoms with Gasteiger partial charge in [-0.05, 0) is 18.9 Å². The van der Waals surface area contributed by atoms with E-state index in [2.05, 4.69) is 10.4 Å². The number of carbonyl (C=O) groups is 2. The molecule has 1 aromatic carbocycles. The van der Waals surface area contributed by atoms with Gasteiger partial charge in [-0.15, -0.1) is 0 Å². The summed E-state index contributed by atoms with van der Waals surface area (Å²) in [4.78, 5) is 22.7. The van der Waals surface area contributed by atoms with E-state index >= 15 is 0 Å². The average molecular weight is 301 g/mol. The predicted molar refractivity (Wildman–Crippen MR) is 82.5 cm³/mol. The van der Waals surface area contributed by atoms with Crippen molar-refractivity contribution >= 4 is 17.7 Å². The fourth-order valence-corrected chi connectivity index (χ4v) is 2.07. The number of carbonyl (C=O) groups excluding carboxylic acids is 1. The fraction of sp³-hybridized carbons (Fsp3) is 0.312. The first-order chi connectivity index (χ1) is 10.4. The molecule has 0 aliphatic carbocycles. The molecule has 0 aliphatic rings. The maximum absolute atomic E-state index is 12.1. The molecular formula is C16H19N3O3. The summed E-state index contributed by atoms with van der Waals surface area (Å²) in [6.07, 6.45) is 2.16. The summed E-state index contributed by atoms with van der Waals surface area (Å²) in [7, 11) is 0. The molecule has 6 heteroatoms. The van der Waals surface area contributed by atoms with Crippen LogP contribution in [0.15, 0.2) is 36.5 Å². The molecule has 22 heavy (non-hydrogen) atoms. The Balaban J connectivity index is 1.92. The Kier molecular flexibility index (Phi) is 4.93. The van der Waals surface area contributed by atoms with Gasteiger partial charge in [-0.3, -0.25) is 14.3 Å². The molecule has 1 amide bonds. The van der Waals surface area contributed by atoms with E-state index in [0.29, 0.717) is 12.2 Å². The van der Waals surface area contributed by atoms with Crippen molar-refractivity contribution in [2.75, 3.05) is 5.32 Å². The molecule has 0 bridgehead atoms. The minimum atomic E-state index is -0.978. The third kappa shape index (κ3) is 4.44. The highest BCUT2D eigenvalue weighted by Crippen LogP contribution is 2.12. The molecule has 1 aromatic heterocycles. The number of hydrogen-bond donors (Lipinski definition) is 2. The SMILES string of the molecule is Cc1ccc(CC(C)C(=O)Nc2ccn(CC(=O)O)n2)cc1. The number of nitrogens with one attached hydrogen (secondary N) is 1. The van der Waals surface area contributed by atoms with Crippen molar-refractivity contribution in [1.82, 2.24) is 9.78 Å². The zero-order valence-corrected chi connectivity index (χ0v) is 12.6. The zero-order valence-electron chi connectivity index (χ0n) is 12.6. The number of rotatable bonds is 6. The van der Waals surface area contributed by atoms with Gasteiger partial charge >= 0.3 is 5.97 Å². The summed E-state index contributed by atoms with van der Waals surface area (Å²) in [6, 6.07) is 9.65. The third-order valence-electron chi connectivity index (χ3n) is 3.30. The molecule has 2 rings (SSSR count). The van der Waals surface area contributed by atoms with Crippen LogP contribution in [0, 0.1) is 12.8 Å². The Labute approximate surface area is 128 Å². The van der Waals surface area contributed by atoms with Gasteiger partial charge in [0.05, 0.1) is 0 Å². The van der Waals surface area contributed by atoms with Crippen LogP contribution in [-0.4, -0.2) is 26.8 Å². The second-order valence-corrected chi connectivity index (χ2v) is 5.37. The van der Waals surface area contributed by atoms with Crippen molar-refractivity contribution in [3.63, 3.8) is 0 Å². The largest absolute Gasteiger partial charge is 0.480 e. The van der Waals surface area contributed by atoms with Crippen LogP contribution in [0.1, 0.15) is 18.1 Å². The molecule has 0 radical (unpaired) electrons. The molecule has 2 aromatic rings. The standard InChI is InChI=1S/C16H19N3O3/c1-11-3-5-13(6-4-11)9-12(2)16(22)17-14-7-8-19(18-14)10-15(20)21/h3-8,12H,9-10H2,1-2H3,(H,20,21)(H,17,18,22). The number of amides is 1. The normalized spacial score (nSPS) is 11.9. The van der Waals surface area contributed by atoms with Crippen molar-refractivity contribution in [2.24, 2.45) is 5.92 Å². The van der Waals surface area contributed by atoms with Gasteiger partial charge in [0.25, 0.3) is 0 Å². The molecule has 0 aliphatic heterocycles. The highest BCUT2D eigenvalue weighted by molar-refractivity contribution is 5.91. The van der Waals surface area contributed by atoms with E-state index in [9.17, 15) is 9.59 Å². The lowest BCUT2D eigenvalue weighted by atomic mass is 9.99. The summed E-state index contributed by atoms with van der Waals surface area (Å²) in [6.45, 7) is 3.64. The molecule has 0 spiro atoms. The van der Waals surface area contributed by atoms with Crippen LogP contribution in [0.3, 0.4) is 0 Å². The molecular weight excluding hydrogens is 282 g/mol. The first kappa shape index (κ1) is 15.8. The van der Waals surface area contributed by atoms with Gasteiger partial charge in [0, 0.05) is 18.2 Å². The molecule has 0 saturated heterocycles. The Bertz CT molecular complexity index is 662. The highest BCUT2D eigenvalue weighted by Gasteiger charge is 2.15. The Morgan fingerprint density at radius 3 is 2.59 bits per heavy atom. The molecule has 116 valence electrons. The van der Waals surface area contributed by atoms with E-state index in [-0.39, 0.29) is 18.4 Å². The summed E-state index contributed by atoms with van der Waals surface area (Å²) in [5, 5.41) is 15.4. The number of aryl methyl sites for hydroxylation is 1. The lowest BCUT2D eigenvalue weighted by Crippen LogP contribution is -2.22. The van der Waals surface area contributed by atoms with Gasteiger partial charge in [-0.2, -0.15) is 5.10 Å². The zero-order chi connectivity index (χ0) is 16.1. The Morgan fingerprint density at radius 1 is 1.27 bits per heavy atom. The maximum Gasteiger partial charge on any atom is 0.325 e. The first-order valence-electron chi connectivity index (χ1n) is 7.05. The minimum absolute atomic E-state index is 0.138. The molecule has 1 heterocycles. The fourth-order valence-electron chi connectivity index (χ4n) is 2.07. The summed E-state index contributed by atoms with van der Waals surface area (Å²) in [5.74, 6) is -0.954. The summed E-state index contributed by atoms with van der Waals surface area (Å²) >= 11 is 0. The van der Waals surface area contributed by atoms with Crippen molar-refractivity contribution in [2.45, 2.75) is 26.8 Å². The second kappa shape index (κ2) is 6.89. The van der Waals surface area contributed by atoms with Gasteiger partial charge in [0.2, 0.25) is 5.91 Å². The minimum Gasteiger partial charge on any atom is -0.480 e. The molecule has 0 fully saturated rings. The van der Waals surface area contributed by atoms with Crippen molar-refractivity contribution < 1.29 is 14.7 Å². The lowest BCUT2D eigenvalue weighted by molar-refractivity contribution is -0.137. The number of hydrogen-bond acceptors (Lipinski definition) is 3.